The van der Waals surface area contributed by atoms with Crippen molar-refractivity contribution in [2.75, 3.05) is 7.11 Å². The van der Waals surface area contributed by atoms with E-state index in [0.717, 1.165) is 5.56 Å². The maximum absolute atomic E-state index is 12.3. The summed E-state index contributed by atoms with van der Waals surface area (Å²) < 4.78 is 33.6. The second kappa shape index (κ2) is 5.86. The minimum atomic E-state index is -3.74. The minimum absolute atomic E-state index is 0.00418. The monoisotopic (exact) mass is 334 g/mol. The van der Waals surface area contributed by atoms with Crippen molar-refractivity contribution in [2.24, 2.45) is 0 Å². The summed E-state index contributed by atoms with van der Waals surface area (Å²) in [6, 6.07) is 8.35. The highest BCUT2D eigenvalue weighted by molar-refractivity contribution is 7.89. The van der Waals surface area contributed by atoms with Crippen LogP contribution in [0.15, 0.2) is 52.5 Å². The first-order valence-electron chi connectivity index (χ1n) is 6.67. The van der Waals surface area contributed by atoms with Crippen LogP contribution in [0.5, 0.6) is 5.75 Å². The van der Waals surface area contributed by atoms with E-state index in [9.17, 15) is 13.2 Å². The fourth-order valence-electron chi connectivity index (χ4n) is 2.09. The number of ether oxygens (including phenoxy) is 1. The summed E-state index contributed by atoms with van der Waals surface area (Å²) in [5.41, 5.74) is 0.548. The summed E-state index contributed by atoms with van der Waals surface area (Å²) in [7, 11) is -2.17. The van der Waals surface area contributed by atoms with Crippen molar-refractivity contribution in [3.8, 4) is 5.75 Å². The maximum atomic E-state index is 12.3. The Morgan fingerprint density at radius 2 is 2.04 bits per heavy atom. The lowest BCUT2D eigenvalue weighted by molar-refractivity contribution is 0.414. The first-order chi connectivity index (χ1) is 11.0. The predicted molar refractivity (Wildman–Crippen MR) is 82.8 cm³/mol. The quantitative estimate of drug-likeness (QED) is 0.707. The Balaban J connectivity index is 1.82. The molecule has 0 aliphatic heterocycles. The standard InChI is InChI=1S/C14H14N4O4S/c1-22-11-4-2-10(3-5-11)7-16-23(20,21)12-6-13-14(19)17-15-9-18(13)8-12/h2-6,8-9,16H,7H2,1H3,(H,17,19). The molecule has 2 aromatic heterocycles. The number of benzene rings is 1. The van der Waals surface area contributed by atoms with Gasteiger partial charge in [-0.25, -0.2) is 18.2 Å². The number of aromatic nitrogens is 3. The molecule has 1 aromatic carbocycles. The number of nitrogens with one attached hydrogen (secondary N) is 2. The van der Waals surface area contributed by atoms with E-state index in [2.05, 4.69) is 14.9 Å². The average molecular weight is 334 g/mol. The number of fused-ring (bicyclic) bond motifs is 1. The molecule has 0 spiro atoms. The Kier molecular flexibility index (Phi) is 3.89. The van der Waals surface area contributed by atoms with Crippen LogP contribution in [0.3, 0.4) is 0 Å². The molecule has 0 aliphatic carbocycles. The molecule has 9 heteroatoms. The van der Waals surface area contributed by atoms with Crippen molar-refractivity contribution in [1.29, 1.82) is 0 Å². The maximum Gasteiger partial charge on any atom is 0.288 e. The van der Waals surface area contributed by atoms with E-state index in [4.69, 9.17) is 4.74 Å². The zero-order chi connectivity index (χ0) is 16.4. The van der Waals surface area contributed by atoms with Crippen LogP contribution in [0, 0.1) is 0 Å². The third kappa shape index (κ3) is 3.10. The minimum Gasteiger partial charge on any atom is -0.497 e. The second-order valence-electron chi connectivity index (χ2n) is 4.83. The van der Waals surface area contributed by atoms with E-state index in [0.29, 0.717) is 5.75 Å². The van der Waals surface area contributed by atoms with Gasteiger partial charge in [-0.05, 0) is 23.8 Å². The van der Waals surface area contributed by atoms with E-state index in [1.807, 2.05) is 0 Å². The van der Waals surface area contributed by atoms with Gasteiger partial charge < -0.3 is 4.74 Å². The number of sulfonamides is 1. The molecule has 0 saturated carbocycles. The smallest absolute Gasteiger partial charge is 0.288 e. The van der Waals surface area contributed by atoms with Gasteiger partial charge in [0.15, 0.2) is 0 Å². The van der Waals surface area contributed by atoms with Crippen LogP contribution in [-0.2, 0) is 16.6 Å². The molecule has 3 rings (SSSR count). The number of methoxy groups -OCH3 is 1. The zero-order valence-electron chi connectivity index (χ0n) is 12.2. The molecule has 2 N–H and O–H groups in total. The summed E-state index contributed by atoms with van der Waals surface area (Å²) in [4.78, 5) is 11.6. The van der Waals surface area contributed by atoms with Gasteiger partial charge in [0.25, 0.3) is 5.56 Å². The van der Waals surface area contributed by atoms with Crippen molar-refractivity contribution in [3.63, 3.8) is 0 Å². The van der Waals surface area contributed by atoms with Gasteiger partial charge in [-0.1, -0.05) is 12.1 Å². The average Bonchev–Trinajstić information content (AvgIpc) is 3.00. The third-order valence-electron chi connectivity index (χ3n) is 3.34. The lowest BCUT2D eigenvalue weighted by Crippen LogP contribution is -2.22. The van der Waals surface area contributed by atoms with Crippen LogP contribution < -0.4 is 15.0 Å². The third-order valence-corrected chi connectivity index (χ3v) is 4.71. The topological polar surface area (TPSA) is 106 Å². The van der Waals surface area contributed by atoms with Crippen LogP contribution >= 0.6 is 0 Å². The van der Waals surface area contributed by atoms with Crippen molar-refractivity contribution in [2.45, 2.75) is 11.4 Å². The summed E-state index contributed by atoms with van der Waals surface area (Å²) in [5.74, 6) is 0.696. The van der Waals surface area contributed by atoms with Gasteiger partial charge in [-0.3, -0.25) is 9.20 Å². The van der Waals surface area contributed by atoms with Crippen LogP contribution in [0.2, 0.25) is 0 Å². The number of aromatic amines is 1. The first-order valence-corrected chi connectivity index (χ1v) is 8.16. The Morgan fingerprint density at radius 1 is 1.30 bits per heavy atom. The molecule has 23 heavy (non-hydrogen) atoms. The van der Waals surface area contributed by atoms with Crippen LogP contribution in [0.4, 0.5) is 0 Å². The molecule has 0 atom stereocenters. The molecule has 2 heterocycles. The normalized spacial score (nSPS) is 11.7. The SMILES string of the molecule is COc1ccc(CNS(=O)(=O)c2cc3c(=O)[nH]ncn3c2)cc1. The molecule has 0 fully saturated rings. The van der Waals surface area contributed by atoms with Crippen molar-refractivity contribution >= 4 is 15.5 Å². The van der Waals surface area contributed by atoms with Crippen LogP contribution in [0.25, 0.3) is 5.52 Å². The van der Waals surface area contributed by atoms with Gasteiger partial charge in [0.05, 0.1) is 7.11 Å². The Morgan fingerprint density at radius 3 is 2.70 bits per heavy atom. The molecule has 0 radical (unpaired) electrons. The van der Waals surface area contributed by atoms with Crippen molar-refractivity contribution in [3.05, 3.63) is 58.8 Å². The van der Waals surface area contributed by atoms with Gasteiger partial charge in [0.1, 0.15) is 22.5 Å². The van der Waals surface area contributed by atoms with Gasteiger partial charge in [-0.15, -0.1) is 0 Å². The summed E-state index contributed by atoms with van der Waals surface area (Å²) >= 11 is 0. The second-order valence-corrected chi connectivity index (χ2v) is 6.59. The van der Waals surface area contributed by atoms with Gasteiger partial charge in [0.2, 0.25) is 10.0 Å². The molecular formula is C14H14N4O4S. The van der Waals surface area contributed by atoms with Gasteiger partial charge in [-0.2, -0.15) is 5.10 Å². The van der Waals surface area contributed by atoms with E-state index in [1.54, 1.807) is 31.4 Å². The number of hydrogen-bond acceptors (Lipinski definition) is 5. The fraction of sp³-hybridized carbons (Fsp3) is 0.143. The summed E-state index contributed by atoms with van der Waals surface area (Å²) in [5, 5.41) is 5.87. The molecule has 0 saturated heterocycles. The highest BCUT2D eigenvalue weighted by Crippen LogP contribution is 2.14. The fourth-order valence-corrected chi connectivity index (χ4v) is 3.13. The Hall–Kier alpha value is -2.65. The largest absolute Gasteiger partial charge is 0.497 e. The summed E-state index contributed by atoms with van der Waals surface area (Å²) in [6.45, 7) is 0.132. The molecule has 0 unspecified atom stereocenters. The molecule has 0 amide bonds. The highest BCUT2D eigenvalue weighted by Gasteiger charge is 2.17. The molecule has 0 aliphatic rings. The molecule has 120 valence electrons. The van der Waals surface area contributed by atoms with Crippen LogP contribution in [0.1, 0.15) is 5.56 Å². The van der Waals surface area contributed by atoms with E-state index >= 15 is 0 Å². The number of hydrogen-bond donors (Lipinski definition) is 2. The number of rotatable bonds is 5. The van der Waals surface area contributed by atoms with Crippen LogP contribution in [-0.4, -0.2) is 30.1 Å². The van der Waals surface area contributed by atoms with E-state index in [1.165, 1.54) is 23.0 Å². The van der Waals surface area contributed by atoms with Gasteiger partial charge >= 0.3 is 0 Å². The zero-order valence-corrected chi connectivity index (χ0v) is 13.0. The Labute approximate surface area is 131 Å². The molecule has 8 nitrogen and oxygen atoms in total. The first kappa shape index (κ1) is 15.3. The number of nitrogens with zero attached hydrogens (tertiary/aromatic N) is 2. The van der Waals surface area contributed by atoms with Crippen molar-refractivity contribution in [1.82, 2.24) is 19.3 Å². The summed E-state index contributed by atoms with van der Waals surface area (Å²) in [6.07, 6.45) is 2.67. The Bertz CT molecular complexity index is 990. The van der Waals surface area contributed by atoms with E-state index in [-0.39, 0.29) is 17.0 Å². The molecule has 0 bridgehead atoms. The van der Waals surface area contributed by atoms with Gasteiger partial charge in [0, 0.05) is 12.7 Å². The molecule has 3 aromatic rings. The lowest BCUT2D eigenvalue weighted by Gasteiger charge is -2.06. The highest BCUT2D eigenvalue weighted by atomic mass is 32.2. The predicted octanol–water partition coefficient (Wildman–Crippen LogP) is 0.510. The molecular weight excluding hydrogens is 320 g/mol. The van der Waals surface area contributed by atoms with E-state index < -0.39 is 15.6 Å². The van der Waals surface area contributed by atoms with Crippen molar-refractivity contribution < 1.29 is 13.2 Å². The lowest BCUT2D eigenvalue weighted by atomic mass is 10.2. The number of H-pyrrole nitrogens is 1.